The number of hydrogen-bond donors (Lipinski definition) is 0. The van der Waals surface area contributed by atoms with Crippen molar-refractivity contribution in [3.63, 3.8) is 0 Å². The maximum atomic E-state index is 5.47. The zero-order valence-electron chi connectivity index (χ0n) is 5.11. The standard InChI is InChI=1S/C5H12ClPS/c1-2-3-4-8-7-5-6/h7H,2-5H2,1H3. The molecule has 0 aliphatic rings. The molecule has 1 unspecified atom stereocenters. The largest absolute Gasteiger partial charge is 0.136 e. The Balaban J connectivity index is 2.53. The van der Waals surface area contributed by atoms with Gasteiger partial charge in [-0.15, -0.1) is 23.0 Å². The number of hydrogen-bond acceptors (Lipinski definition) is 1. The molecule has 0 heterocycles. The van der Waals surface area contributed by atoms with E-state index in [1.165, 1.54) is 18.6 Å². The Labute approximate surface area is 62.3 Å². The van der Waals surface area contributed by atoms with Gasteiger partial charge in [0.05, 0.1) is 0 Å². The first-order valence-corrected chi connectivity index (χ1v) is 6.27. The molecule has 8 heavy (non-hydrogen) atoms. The Morgan fingerprint density at radius 2 is 2.38 bits per heavy atom. The van der Waals surface area contributed by atoms with Gasteiger partial charge in [-0.2, -0.15) is 0 Å². The van der Waals surface area contributed by atoms with Gasteiger partial charge in [-0.25, -0.2) is 0 Å². The summed E-state index contributed by atoms with van der Waals surface area (Å²) in [5.74, 6) is 1.29. The molecule has 0 radical (unpaired) electrons. The molecule has 0 N–H and O–H groups in total. The Morgan fingerprint density at radius 3 is 2.88 bits per heavy atom. The van der Waals surface area contributed by atoms with E-state index in [-0.39, 0.29) is 0 Å². The molecule has 0 nitrogen and oxygen atoms in total. The van der Waals surface area contributed by atoms with Crippen molar-refractivity contribution in [2.45, 2.75) is 19.8 Å². The topological polar surface area (TPSA) is 0 Å². The third kappa shape index (κ3) is 7.07. The minimum absolute atomic E-state index is 0.828. The molecule has 3 heteroatoms. The molecule has 0 aromatic carbocycles. The lowest BCUT2D eigenvalue weighted by molar-refractivity contribution is 0.898. The van der Waals surface area contributed by atoms with Gasteiger partial charge in [-0.1, -0.05) is 13.3 Å². The summed E-state index contributed by atoms with van der Waals surface area (Å²) in [5, 5.41) is 0. The van der Waals surface area contributed by atoms with E-state index < -0.39 is 0 Å². The van der Waals surface area contributed by atoms with E-state index in [0.717, 1.165) is 13.4 Å². The lowest BCUT2D eigenvalue weighted by atomic mass is 10.4. The Morgan fingerprint density at radius 1 is 1.62 bits per heavy atom. The summed E-state index contributed by atoms with van der Waals surface area (Å²) < 4.78 is 0. The molecule has 0 saturated carbocycles. The zero-order valence-corrected chi connectivity index (χ0v) is 7.69. The quantitative estimate of drug-likeness (QED) is 0.347. The summed E-state index contributed by atoms with van der Waals surface area (Å²) in [6.45, 7) is 2.21. The molecule has 0 bridgehead atoms. The van der Waals surface area contributed by atoms with Crippen molar-refractivity contribution in [2.24, 2.45) is 0 Å². The molecule has 0 aliphatic heterocycles. The molecule has 0 aliphatic carbocycles. The zero-order chi connectivity index (χ0) is 6.24. The van der Waals surface area contributed by atoms with Gasteiger partial charge >= 0.3 is 0 Å². The number of alkyl halides is 1. The molecule has 50 valence electrons. The van der Waals surface area contributed by atoms with Gasteiger partial charge in [0.2, 0.25) is 0 Å². The monoisotopic (exact) mass is 170 g/mol. The van der Waals surface area contributed by atoms with Crippen LogP contribution in [0.15, 0.2) is 0 Å². The average Bonchev–Trinajstić information content (AvgIpc) is 1.81. The first kappa shape index (κ1) is 9.07. The van der Waals surface area contributed by atoms with Gasteiger partial charge in [0, 0.05) is 5.62 Å². The van der Waals surface area contributed by atoms with E-state index >= 15 is 0 Å². The second-order valence-electron chi connectivity index (χ2n) is 1.48. The lowest BCUT2D eigenvalue weighted by Crippen LogP contribution is -1.70. The van der Waals surface area contributed by atoms with Gasteiger partial charge in [0.25, 0.3) is 0 Å². The van der Waals surface area contributed by atoms with E-state index in [1.54, 1.807) is 0 Å². The Bertz CT molecular complexity index is 37.4. The normalized spacial score (nSPS) is 11.2. The molecule has 1 atom stereocenters. The second-order valence-corrected chi connectivity index (χ2v) is 5.27. The fraction of sp³-hybridized carbons (Fsp3) is 1.00. The molecule has 0 rings (SSSR count). The van der Waals surface area contributed by atoms with Crippen LogP contribution in [-0.4, -0.2) is 11.4 Å². The summed E-state index contributed by atoms with van der Waals surface area (Å²) in [7, 11) is 0.907. The van der Waals surface area contributed by atoms with Gasteiger partial charge in [0.15, 0.2) is 0 Å². The van der Waals surface area contributed by atoms with E-state index in [0.29, 0.717) is 0 Å². The first-order chi connectivity index (χ1) is 3.91. The van der Waals surface area contributed by atoms with E-state index in [1.807, 2.05) is 11.4 Å². The summed E-state index contributed by atoms with van der Waals surface area (Å²) in [6.07, 6.45) is 2.65. The van der Waals surface area contributed by atoms with Crippen LogP contribution < -0.4 is 0 Å². The SMILES string of the molecule is CCCCSPCCl. The highest BCUT2D eigenvalue weighted by Gasteiger charge is 1.83. The highest BCUT2D eigenvalue weighted by Crippen LogP contribution is 2.30. The van der Waals surface area contributed by atoms with E-state index in [2.05, 4.69) is 6.92 Å². The van der Waals surface area contributed by atoms with Crippen molar-refractivity contribution in [1.29, 1.82) is 0 Å². The van der Waals surface area contributed by atoms with Crippen LogP contribution in [0.3, 0.4) is 0 Å². The van der Waals surface area contributed by atoms with Crippen LogP contribution in [0.4, 0.5) is 0 Å². The van der Waals surface area contributed by atoms with Crippen LogP contribution in [0.5, 0.6) is 0 Å². The van der Waals surface area contributed by atoms with Crippen molar-refractivity contribution >= 4 is 30.8 Å². The third-order valence-electron chi connectivity index (χ3n) is 0.757. The number of unbranched alkanes of at least 4 members (excludes halogenated alkanes) is 1. The minimum atomic E-state index is 0.828. The summed E-state index contributed by atoms with van der Waals surface area (Å²) in [6, 6.07) is 0. The summed E-state index contributed by atoms with van der Waals surface area (Å²) in [5.41, 5.74) is 0.828. The van der Waals surface area contributed by atoms with Gasteiger partial charge in [0.1, 0.15) is 0 Å². The minimum Gasteiger partial charge on any atom is -0.136 e. The van der Waals surface area contributed by atoms with Crippen molar-refractivity contribution in [3.05, 3.63) is 0 Å². The Kier molecular flexibility index (Phi) is 9.15. The number of halogens is 1. The van der Waals surface area contributed by atoms with Crippen molar-refractivity contribution in [1.82, 2.24) is 0 Å². The maximum absolute atomic E-state index is 5.47. The predicted molar refractivity (Wildman–Crippen MR) is 46.4 cm³/mol. The lowest BCUT2D eigenvalue weighted by Gasteiger charge is -1.93. The van der Waals surface area contributed by atoms with E-state index in [9.17, 15) is 0 Å². The highest BCUT2D eigenvalue weighted by atomic mass is 35.5. The van der Waals surface area contributed by atoms with Crippen molar-refractivity contribution in [2.75, 3.05) is 11.4 Å². The number of rotatable bonds is 5. The Hall–Kier alpha value is 1.07. The molecule has 0 aromatic heterocycles. The fourth-order valence-electron chi connectivity index (χ4n) is 0.327. The molecule has 0 fully saturated rings. The maximum Gasteiger partial charge on any atom is 0.0490 e. The van der Waals surface area contributed by atoms with Crippen LogP contribution in [0.25, 0.3) is 0 Å². The summed E-state index contributed by atoms with van der Waals surface area (Å²) >= 11 is 7.45. The molecular formula is C5H12ClPS. The van der Waals surface area contributed by atoms with Gasteiger partial charge in [-0.05, 0) is 20.0 Å². The van der Waals surface area contributed by atoms with Crippen LogP contribution in [0.1, 0.15) is 19.8 Å². The van der Waals surface area contributed by atoms with Crippen LogP contribution in [-0.2, 0) is 0 Å². The fourth-order valence-corrected chi connectivity index (χ4v) is 2.77. The molecular weight excluding hydrogens is 159 g/mol. The van der Waals surface area contributed by atoms with E-state index in [4.69, 9.17) is 11.6 Å². The first-order valence-electron chi connectivity index (χ1n) is 2.82. The molecule has 0 saturated heterocycles. The predicted octanol–water partition coefficient (Wildman–Crippen LogP) is 3.31. The van der Waals surface area contributed by atoms with Crippen LogP contribution in [0.2, 0.25) is 0 Å². The third-order valence-corrected chi connectivity index (χ3v) is 4.10. The summed E-state index contributed by atoms with van der Waals surface area (Å²) in [4.78, 5) is 0. The van der Waals surface area contributed by atoms with Gasteiger partial charge < -0.3 is 0 Å². The van der Waals surface area contributed by atoms with Gasteiger partial charge in [-0.3, -0.25) is 0 Å². The van der Waals surface area contributed by atoms with Crippen molar-refractivity contribution < 1.29 is 0 Å². The second kappa shape index (κ2) is 8.07. The highest BCUT2D eigenvalue weighted by molar-refractivity contribution is 8.49. The van der Waals surface area contributed by atoms with Crippen molar-refractivity contribution in [3.8, 4) is 0 Å². The molecule has 0 aromatic rings. The van der Waals surface area contributed by atoms with Crippen LogP contribution >= 0.6 is 30.8 Å². The smallest absolute Gasteiger partial charge is 0.0490 e. The molecule has 0 amide bonds. The average molecular weight is 171 g/mol. The molecule has 0 spiro atoms. The van der Waals surface area contributed by atoms with Crippen LogP contribution in [0, 0.1) is 0 Å².